The summed E-state index contributed by atoms with van der Waals surface area (Å²) in [7, 11) is 0. The highest BCUT2D eigenvalue weighted by atomic mass is 16.7. The molecule has 0 aromatic heterocycles. The van der Waals surface area contributed by atoms with Crippen LogP contribution in [0.4, 0.5) is 0 Å². The minimum atomic E-state index is -1.52. The number of hydrogen-bond acceptors (Lipinski definition) is 12. The van der Waals surface area contributed by atoms with Crippen molar-refractivity contribution >= 4 is 30.2 Å². The third kappa shape index (κ3) is 10.6. The minimum Gasteiger partial charge on any atom is -0.491 e. The first kappa shape index (κ1) is 33.5. The second-order valence-corrected chi connectivity index (χ2v) is 9.70. The van der Waals surface area contributed by atoms with Crippen LogP contribution in [0, 0.1) is 0 Å². The van der Waals surface area contributed by atoms with Crippen LogP contribution in [-0.2, 0) is 44.8 Å². The Hall–Kier alpha value is -4.05. The highest BCUT2D eigenvalue weighted by Crippen LogP contribution is 2.30. The van der Waals surface area contributed by atoms with Crippen molar-refractivity contribution in [2.75, 3.05) is 32.9 Å². The van der Waals surface area contributed by atoms with E-state index in [0.29, 0.717) is 50.1 Å². The largest absolute Gasteiger partial charge is 0.491 e. The van der Waals surface area contributed by atoms with Crippen LogP contribution in [0.3, 0.4) is 0 Å². The maximum atomic E-state index is 12.0. The molecule has 0 saturated carbocycles. The van der Waals surface area contributed by atoms with Crippen molar-refractivity contribution in [1.29, 1.82) is 0 Å². The van der Waals surface area contributed by atoms with Gasteiger partial charge in [-0.3, -0.25) is 24.1 Å². The van der Waals surface area contributed by atoms with Crippen LogP contribution < -0.4 is 14.8 Å². The molecular weight excluding hydrogens is 572 g/mol. The second-order valence-electron chi connectivity index (χ2n) is 9.70. The van der Waals surface area contributed by atoms with Crippen molar-refractivity contribution in [2.24, 2.45) is 0 Å². The van der Waals surface area contributed by atoms with Crippen LogP contribution in [0.2, 0.25) is 0 Å². The Balaban J connectivity index is 1.34. The van der Waals surface area contributed by atoms with Crippen LogP contribution in [0.5, 0.6) is 11.5 Å². The number of benzene rings is 1. The molecule has 15 heteroatoms. The van der Waals surface area contributed by atoms with E-state index in [2.05, 4.69) is 5.32 Å². The molecule has 1 fully saturated rings. The molecule has 3 amide bonds. The lowest BCUT2D eigenvalue weighted by Gasteiger charge is -2.35. The summed E-state index contributed by atoms with van der Waals surface area (Å²) in [5, 5.41) is 32.3. The highest BCUT2D eigenvalue weighted by molar-refractivity contribution is 6.12. The van der Waals surface area contributed by atoms with Crippen LogP contribution in [0.15, 0.2) is 30.4 Å². The number of hydrogen-bond donors (Lipinski definition) is 4. The van der Waals surface area contributed by atoms with Crippen LogP contribution in [0.25, 0.3) is 0 Å². The van der Waals surface area contributed by atoms with Crippen LogP contribution >= 0.6 is 0 Å². The van der Waals surface area contributed by atoms with Gasteiger partial charge < -0.3 is 44.3 Å². The standard InChI is InChI=1S/C28H36N2O13/c31-17-40-16-18-5-6-19(14-21(18)42-28-26(36)20(32)15-22(43-28)27(37)38)41-13-12-39-11-9-29-23(33)4-2-1-3-10-30-24(34)7-8-25(30)35/h5-8,14,17,20,22,26,28,32,36H,1-4,9-13,15-16H2,(H,29,33)(H,37,38)/t20?,22?,26-,28?/m1/s1. The number of carbonyl (C=O) groups excluding carboxylic acids is 4. The maximum absolute atomic E-state index is 12.0. The highest BCUT2D eigenvalue weighted by Gasteiger charge is 2.41. The lowest BCUT2D eigenvalue weighted by atomic mass is 10.0. The van der Waals surface area contributed by atoms with Gasteiger partial charge in [-0.05, 0) is 25.0 Å². The molecule has 43 heavy (non-hydrogen) atoms. The lowest BCUT2D eigenvalue weighted by molar-refractivity contribution is -0.238. The minimum absolute atomic E-state index is 0.0836. The molecule has 2 heterocycles. The Morgan fingerprint density at radius 3 is 2.56 bits per heavy atom. The molecule has 3 unspecified atom stereocenters. The summed E-state index contributed by atoms with van der Waals surface area (Å²) in [6.45, 7) is 1.29. The van der Waals surface area contributed by atoms with E-state index in [1.165, 1.54) is 23.1 Å². The predicted octanol–water partition coefficient (Wildman–Crippen LogP) is -0.343. The van der Waals surface area contributed by atoms with E-state index in [-0.39, 0.29) is 62.8 Å². The predicted molar refractivity (Wildman–Crippen MR) is 145 cm³/mol. The number of aliphatic hydroxyl groups is 2. The van der Waals surface area contributed by atoms with E-state index in [0.717, 1.165) is 0 Å². The van der Waals surface area contributed by atoms with Gasteiger partial charge >= 0.3 is 5.97 Å². The Bertz CT molecular complexity index is 1140. The van der Waals surface area contributed by atoms with Crippen molar-refractivity contribution in [3.8, 4) is 11.5 Å². The van der Waals surface area contributed by atoms with Gasteiger partial charge in [0.25, 0.3) is 18.3 Å². The zero-order chi connectivity index (χ0) is 31.2. The zero-order valence-electron chi connectivity index (χ0n) is 23.4. The summed E-state index contributed by atoms with van der Waals surface area (Å²) in [4.78, 5) is 58.1. The number of carbonyl (C=O) groups is 5. The van der Waals surface area contributed by atoms with Gasteiger partial charge in [-0.1, -0.05) is 6.42 Å². The quantitative estimate of drug-likeness (QED) is 0.0901. The molecule has 1 saturated heterocycles. The fraction of sp³-hybridized carbons (Fsp3) is 0.536. The monoisotopic (exact) mass is 608 g/mol. The number of unbranched alkanes of at least 4 members (excludes halogenated alkanes) is 2. The number of ether oxygens (including phenoxy) is 5. The second kappa shape index (κ2) is 17.2. The lowest BCUT2D eigenvalue weighted by Crippen LogP contribution is -2.52. The molecular formula is C28H36N2O13. The molecule has 3 rings (SSSR count). The topological polar surface area (TPSA) is 207 Å². The van der Waals surface area contributed by atoms with Crippen molar-refractivity contribution in [3.05, 3.63) is 35.9 Å². The van der Waals surface area contributed by atoms with E-state index in [4.69, 9.17) is 23.7 Å². The molecule has 4 atom stereocenters. The van der Waals surface area contributed by atoms with Crippen molar-refractivity contribution in [3.63, 3.8) is 0 Å². The number of carboxylic acid groups (broad SMARTS) is 1. The number of carboxylic acids is 1. The Morgan fingerprint density at radius 1 is 1.07 bits per heavy atom. The summed E-state index contributed by atoms with van der Waals surface area (Å²) in [5.74, 6) is -1.65. The van der Waals surface area contributed by atoms with Gasteiger partial charge in [0, 0.05) is 49.7 Å². The Morgan fingerprint density at radius 2 is 1.84 bits per heavy atom. The summed E-state index contributed by atoms with van der Waals surface area (Å²) >= 11 is 0. The molecule has 1 aromatic rings. The van der Waals surface area contributed by atoms with Crippen molar-refractivity contribution < 1.29 is 63.0 Å². The first-order valence-electron chi connectivity index (χ1n) is 13.8. The van der Waals surface area contributed by atoms with E-state index < -0.39 is 30.6 Å². The number of rotatable bonds is 19. The first-order chi connectivity index (χ1) is 20.7. The average Bonchev–Trinajstić information content (AvgIpc) is 3.30. The molecule has 0 aliphatic carbocycles. The van der Waals surface area contributed by atoms with E-state index in [1.54, 1.807) is 12.1 Å². The van der Waals surface area contributed by atoms with Crippen LogP contribution in [0.1, 0.15) is 37.7 Å². The third-order valence-corrected chi connectivity index (χ3v) is 6.54. The molecule has 15 nitrogen and oxygen atoms in total. The molecule has 236 valence electrons. The van der Waals surface area contributed by atoms with Gasteiger partial charge in [-0.15, -0.1) is 0 Å². The Labute approximate surface area is 247 Å². The number of nitrogens with one attached hydrogen (secondary N) is 1. The van der Waals surface area contributed by atoms with Gasteiger partial charge in [0.15, 0.2) is 6.10 Å². The smallest absolute Gasteiger partial charge is 0.333 e. The zero-order valence-corrected chi connectivity index (χ0v) is 23.4. The third-order valence-electron chi connectivity index (χ3n) is 6.54. The van der Waals surface area contributed by atoms with Crippen molar-refractivity contribution in [2.45, 2.75) is 63.3 Å². The fourth-order valence-electron chi connectivity index (χ4n) is 4.25. The summed E-state index contributed by atoms with van der Waals surface area (Å²) < 4.78 is 26.9. The Kier molecular flexibility index (Phi) is 13.3. The van der Waals surface area contributed by atoms with E-state index in [1.807, 2.05) is 0 Å². The SMILES string of the molecule is O=COCc1ccc(OCCOCCNC(=O)CCCCCN2C(=O)C=CC2=O)cc1OC1OC(C(=O)O)CC(O)[C@H]1O. The van der Waals surface area contributed by atoms with Gasteiger partial charge in [0.2, 0.25) is 12.2 Å². The summed E-state index contributed by atoms with van der Waals surface area (Å²) in [6.07, 6.45) is -1.34. The molecule has 0 spiro atoms. The number of imide groups is 1. The average molecular weight is 609 g/mol. The van der Waals surface area contributed by atoms with Gasteiger partial charge in [0.05, 0.1) is 19.3 Å². The van der Waals surface area contributed by atoms with Gasteiger partial charge in [0.1, 0.15) is 30.8 Å². The van der Waals surface area contributed by atoms with E-state index in [9.17, 15) is 39.3 Å². The normalized spacial score (nSPS) is 21.5. The fourth-order valence-corrected chi connectivity index (χ4v) is 4.25. The molecule has 2 aliphatic heterocycles. The molecule has 2 aliphatic rings. The summed E-state index contributed by atoms with van der Waals surface area (Å²) in [5.41, 5.74) is 0.378. The molecule has 0 radical (unpaired) electrons. The number of amides is 3. The molecule has 4 N–H and O–H groups in total. The number of aliphatic carboxylic acids is 1. The molecule has 1 aromatic carbocycles. The van der Waals surface area contributed by atoms with Crippen LogP contribution in [-0.4, -0.2) is 108 Å². The van der Waals surface area contributed by atoms with Crippen molar-refractivity contribution in [1.82, 2.24) is 10.2 Å². The van der Waals surface area contributed by atoms with Gasteiger partial charge in [-0.2, -0.15) is 0 Å². The first-order valence-corrected chi connectivity index (χ1v) is 13.8. The van der Waals surface area contributed by atoms with Gasteiger partial charge in [-0.25, -0.2) is 4.79 Å². The summed E-state index contributed by atoms with van der Waals surface area (Å²) in [6, 6.07) is 4.57. The number of aliphatic hydroxyl groups excluding tert-OH is 2. The number of nitrogens with zero attached hydrogens (tertiary/aromatic N) is 1. The molecule has 0 bridgehead atoms. The van der Waals surface area contributed by atoms with E-state index >= 15 is 0 Å². The maximum Gasteiger partial charge on any atom is 0.333 e.